The van der Waals surface area contributed by atoms with Crippen LogP contribution in [0.4, 0.5) is 5.69 Å². The first kappa shape index (κ1) is 13.2. The molecule has 3 nitrogen and oxygen atoms in total. The van der Waals surface area contributed by atoms with Crippen molar-refractivity contribution >= 4 is 22.5 Å². The second kappa shape index (κ2) is 5.70. The summed E-state index contributed by atoms with van der Waals surface area (Å²) in [5.74, 6) is 0.915. The van der Waals surface area contributed by atoms with Crippen molar-refractivity contribution in [1.82, 2.24) is 4.98 Å². The van der Waals surface area contributed by atoms with E-state index in [1.165, 1.54) is 31.1 Å². The van der Waals surface area contributed by atoms with E-state index in [-0.39, 0.29) is 5.91 Å². The van der Waals surface area contributed by atoms with Crippen LogP contribution in [-0.2, 0) is 4.79 Å². The third-order valence-corrected chi connectivity index (χ3v) is 4.43. The Hall–Kier alpha value is -1.77. The Morgan fingerprint density at radius 3 is 2.95 bits per heavy atom. The number of rotatable bonds is 4. The second-order valence-electron chi connectivity index (χ2n) is 5.97. The molecule has 1 saturated carbocycles. The van der Waals surface area contributed by atoms with E-state index in [9.17, 15) is 4.79 Å². The maximum absolute atomic E-state index is 12.1. The van der Waals surface area contributed by atoms with Gasteiger partial charge in [0.1, 0.15) is 0 Å². The molecule has 106 valence electrons. The highest BCUT2D eigenvalue weighted by atomic mass is 16.1. The van der Waals surface area contributed by atoms with Gasteiger partial charge in [0, 0.05) is 23.8 Å². The Balaban J connectivity index is 1.62. The number of nitrogens with one attached hydrogen (secondary N) is 2. The lowest BCUT2D eigenvalue weighted by atomic mass is 10.0. The first-order valence-electron chi connectivity index (χ1n) is 7.60. The molecule has 0 radical (unpaired) electrons. The van der Waals surface area contributed by atoms with E-state index in [0.717, 1.165) is 29.1 Å². The molecule has 0 bridgehead atoms. The lowest BCUT2D eigenvalue weighted by Gasteiger charge is -2.11. The van der Waals surface area contributed by atoms with Crippen LogP contribution in [0, 0.1) is 12.8 Å². The Morgan fingerprint density at radius 2 is 2.15 bits per heavy atom. The Labute approximate surface area is 119 Å². The van der Waals surface area contributed by atoms with Crippen LogP contribution >= 0.6 is 0 Å². The molecule has 1 amide bonds. The zero-order valence-electron chi connectivity index (χ0n) is 12.0. The predicted molar refractivity (Wildman–Crippen MR) is 82.9 cm³/mol. The largest absolute Gasteiger partial charge is 0.361 e. The van der Waals surface area contributed by atoms with E-state index in [2.05, 4.69) is 16.4 Å². The van der Waals surface area contributed by atoms with Crippen molar-refractivity contribution in [3.63, 3.8) is 0 Å². The zero-order chi connectivity index (χ0) is 13.9. The number of amides is 1. The number of benzene rings is 1. The number of aryl methyl sites for hydroxylation is 1. The number of H-pyrrole nitrogens is 1. The number of carbonyl (C=O) groups is 1. The van der Waals surface area contributed by atoms with Crippen LogP contribution in [0.25, 0.3) is 10.9 Å². The summed E-state index contributed by atoms with van der Waals surface area (Å²) >= 11 is 0. The molecular formula is C17H22N2O. The summed E-state index contributed by atoms with van der Waals surface area (Å²) in [6.45, 7) is 2.04. The van der Waals surface area contributed by atoms with E-state index < -0.39 is 0 Å². The Kier molecular flexibility index (Phi) is 3.77. The van der Waals surface area contributed by atoms with Crippen molar-refractivity contribution in [2.75, 3.05) is 5.32 Å². The van der Waals surface area contributed by atoms with Crippen LogP contribution < -0.4 is 5.32 Å². The van der Waals surface area contributed by atoms with E-state index in [4.69, 9.17) is 0 Å². The van der Waals surface area contributed by atoms with Gasteiger partial charge in [-0.15, -0.1) is 0 Å². The standard InChI is InChI=1S/C17H22N2O/c1-12-10-14-8-9-18-16(14)11-15(12)19-17(20)7-6-13-4-2-3-5-13/h8-11,13,18H,2-7H2,1H3,(H,19,20). The highest BCUT2D eigenvalue weighted by Crippen LogP contribution is 2.29. The van der Waals surface area contributed by atoms with Gasteiger partial charge in [0.15, 0.2) is 0 Å². The van der Waals surface area contributed by atoms with Gasteiger partial charge < -0.3 is 10.3 Å². The van der Waals surface area contributed by atoms with Crippen molar-refractivity contribution < 1.29 is 4.79 Å². The summed E-state index contributed by atoms with van der Waals surface area (Å²) in [6.07, 6.45) is 8.91. The first-order chi connectivity index (χ1) is 9.72. The Bertz CT molecular complexity index is 608. The minimum absolute atomic E-state index is 0.144. The average molecular weight is 270 g/mol. The molecule has 0 atom stereocenters. The fourth-order valence-corrected chi connectivity index (χ4v) is 3.20. The van der Waals surface area contributed by atoms with Gasteiger partial charge in [0.2, 0.25) is 5.91 Å². The minimum atomic E-state index is 0.144. The van der Waals surface area contributed by atoms with Crippen LogP contribution in [0.1, 0.15) is 44.1 Å². The molecule has 1 fully saturated rings. The molecule has 0 aliphatic heterocycles. The molecule has 1 aliphatic rings. The lowest BCUT2D eigenvalue weighted by molar-refractivity contribution is -0.116. The molecule has 1 aromatic carbocycles. The smallest absolute Gasteiger partial charge is 0.224 e. The highest BCUT2D eigenvalue weighted by Gasteiger charge is 2.16. The molecule has 2 N–H and O–H groups in total. The number of aromatic amines is 1. The summed E-state index contributed by atoms with van der Waals surface area (Å²) in [4.78, 5) is 15.3. The number of hydrogen-bond donors (Lipinski definition) is 2. The van der Waals surface area contributed by atoms with Crippen molar-refractivity contribution in [1.29, 1.82) is 0 Å². The number of anilines is 1. The van der Waals surface area contributed by atoms with E-state index in [1.54, 1.807) is 0 Å². The molecular weight excluding hydrogens is 248 g/mol. The van der Waals surface area contributed by atoms with Gasteiger partial charge in [-0.3, -0.25) is 4.79 Å². The highest BCUT2D eigenvalue weighted by molar-refractivity contribution is 5.94. The lowest BCUT2D eigenvalue weighted by Crippen LogP contribution is -2.13. The van der Waals surface area contributed by atoms with Gasteiger partial charge in [-0.25, -0.2) is 0 Å². The van der Waals surface area contributed by atoms with Gasteiger partial charge in [-0.2, -0.15) is 0 Å². The normalized spacial score (nSPS) is 15.8. The SMILES string of the molecule is Cc1cc2cc[nH]c2cc1NC(=O)CCC1CCCC1. The fraction of sp³-hybridized carbons (Fsp3) is 0.471. The fourth-order valence-electron chi connectivity index (χ4n) is 3.20. The zero-order valence-corrected chi connectivity index (χ0v) is 12.0. The quantitative estimate of drug-likeness (QED) is 0.850. The third-order valence-electron chi connectivity index (χ3n) is 4.43. The monoisotopic (exact) mass is 270 g/mol. The number of hydrogen-bond acceptors (Lipinski definition) is 1. The molecule has 1 aliphatic carbocycles. The van der Waals surface area contributed by atoms with Crippen molar-refractivity contribution in [3.05, 3.63) is 30.0 Å². The van der Waals surface area contributed by atoms with Crippen LogP contribution in [-0.4, -0.2) is 10.9 Å². The molecule has 20 heavy (non-hydrogen) atoms. The second-order valence-corrected chi connectivity index (χ2v) is 5.97. The van der Waals surface area contributed by atoms with Crippen molar-refractivity contribution in [3.8, 4) is 0 Å². The van der Waals surface area contributed by atoms with Crippen LogP contribution in [0.5, 0.6) is 0 Å². The molecule has 1 heterocycles. The summed E-state index contributed by atoms with van der Waals surface area (Å²) in [5, 5.41) is 4.24. The minimum Gasteiger partial charge on any atom is -0.361 e. The summed E-state index contributed by atoms with van der Waals surface area (Å²) in [6, 6.07) is 6.19. The van der Waals surface area contributed by atoms with Gasteiger partial charge in [-0.1, -0.05) is 25.7 Å². The molecule has 3 rings (SSSR count). The number of carbonyl (C=O) groups excluding carboxylic acids is 1. The maximum atomic E-state index is 12.1. The average Bonchev–Trinajstić information content (AvgIpc) is 3.07. The van der Waals surface area contributed by atoms with E-state index in [1.807, 2.05) is 25.3 Å². The molecule has 0 saturated heterocycles. The van der Waals surface area contributed by atoms with Crippen LogP contribution in [0.2, 0.25) is 0 Å². The van der Waals surface area contributed by atoms with E-state index in [0.29, 0.717) is 6.42 Å². The molecule has 1 aromatic heterocycles. The van der Waals surface area contributed by atoms with Gasteiger partial charge in [-0.05, 0) is 48.4 Å². The van der Waals surface area contributed by atoms with Crippen LogP contribution in [0.15, 0.2) is 24.4 Å². The predicted octanol–water partition coefficient (Wildman–Crippen LogP) is 4.39. The van der Waals surface area contributed by atoms with Gasteiger partial charge >= 0.3 is 0 Å². The molecule has 0 spiro atoms. The first-order valence-corrected chi connectivity index (χ1v) is 7.60. The van der Waals surface area contributed by atoms with Gasteiger partial charge in [0.05, 0.1) is 0 Å². The molecule has 3 heteroatoms. The van der Waals surface area contributed by atoms with Crippen LogP contribution in [0.3, 0.4) is 0 Å². The summed E-state index contributed by atoms with van der Waals surface area (Å²) < 4.78 is 0. The van der Waals surface area contributed by atoms with Crippen molar-refractivity contribution in [2.45, 2.75) is 45.4 Å². The molecule has 0 unspecified atom stereocenters. The van der Waals surface area contributed by atoms with E-state index >= 15 is 0 Å². The van der Waals surface area contributed by atoms with Gasteiger partial charge in [0.25, 0.3) is 0 Å². The number of fused-ring (bicyclic) bond motifs is 1. The maximum Gasteiger partial charge on any atom is 0.224 e. The Morgan fingerprint density at radius 1 is 1.35 bits per heavy atom. The summed E-state index contributed by atoms with van der Waals surface area (Å²) in [7, 11) is 0. The number of aromatic nitrogens is 1. The summed E-state index contributed by atoms with van der Waals surface area (Å²) in [5.41, 5.74) is 3.12. The van der Waals surface area contributed by atoms with Crippen molar-refractivity contribution in [2.24, 2.45) is 5.92 Å². The third kappa shape index (κ3) is 2.87. The molecule has 2 aromatic rings. The topological polar surface area (TPSA) is 44.9 Å².